The van der Waals surface area contributed by atoms with E-state index < -0.39 is 0 Å². The quantitative estimate of drug-likeness (QED) is 0.757. The lowest BCUT2D eigenvalue weighted by atomic mass is 10.0. The molecule has 14 heavy (non-hydrogen) atoms. The van der Waals surface area contributed by atoms with Crippen molar-refractivity contribution in [1.82, 2.24) is 4.98 Å². The molecule has 3 heteroatoms. The molecule has 1 unspecified atom stereocenters. The van der Waals surface area contributed by atoms with Crippen LogP contribution in [-0.2, 0) is 6.42 Å². The first-order valence-corrected chi connectivity index (χ1v) is 5.12. The van der Waals surface area contributed by atoms with E-state index in [-0.39, 0.29) is 6.10 Å². The van der Waals surface area contributed by atoms with Crippen molar-refractivity contribution >= 4 is 5.82 Å². The molecule has 1 aromatic heterocycles. The third kappa shape index (κ3) is 2.70. The molecule has 1 saturated carbocycles. The van der Waals surface area contributed by atoms with Gasteiger partial charge in [-0.3, -0.25) is 0 Å². The minimum absolute atomic E-state index is 0.218. The summed E-state index contributed by atoms with van der Waals surface area (Å²) < 4.78 is 0. The highest BCUT2D eigenvalue weighted by atomic mass is 16.3. The summed E-state index contributed by atoms with van der Waals surface area (Å²) in [4.78, 5) is 3.92. The number of nitrogens with two attached hydrogens (primary N) is 1. The van der Waals surface area contributed by atoms with E-state index in [2.05, 4.69) is 4.98 Å². The van der Waals surface area contributed by atoms with E-state index in [1.165, 1.54) is 12.8 Å². The Bertz CT molecular complexity index is 310. The second kappa shape index (κ2) is 3.96. The lowest BCUT2D eigenvalue weighted by molar-refractivity contribution is 0.158. The van der Waals surface area contributed by atoms with Crippen LogP contribution >= 0.6 is 0 Å². The largest absolute Gasteiger partial charge is 0.393 e. The van der Waals surface area contributed by atoms with Gasteiger partial charge in [-0.25, -0.2) is 4.98 Å². The Hall–Kier alpha value is -1.09. The molecular formula is C11H16N2O. The van der Waals surface area contributed by atoms with Crippen molar-refractivity contribution in [2.75, 3.05) is 5.73 Å². The molecule has 0 aromatic carbocycles. The van der Waals surface area contributed by atoms with Gasteiger partial charge in [-0.1, -0.05) is 12.8 Å². The maximum atomic E-state index is 9.74. The van der Waals surface area contributed by atoms with Crippen LogP contribution in [0, 0.1) is 5.92 Å². The van der Waals surface area contributed by atoms with E-state index in [4.69, 9.17) is 5.73 Å². The van der Waals surface area contributed by atoms with E-state index in [1.807, 2.05) is 12.1 Å². The van der Waals surface area contributed by atoms with Gasteiger partial charge in [0.25, 0.3) is 0 Å². The minimum atomic E-state index is -0.218. The number of nitrogen functional groups attached to an aromatic ring is 1. The molecule has 0 radical (unpaired) electrons. The van der Waals surface area contributed by atoms with Gasteiger partial charge >= 0.3 is 0 Å². The van der Waals surface area contributed by atoms with E-state index in [9.17, 15) is 5.11 Å². The van der Waals surface area contributed by atoms with Gasteiger partial charge < -0.3 is 10.8 Å². The number of rotatable bonds is 4. The Morgan fingerprint density at radius 1 is 1.57 bits per heavy atom. The molecule has 1 aromatic rings. The lowest BCUT2D eigenvalue weighted by Crippen LogP contribution is -2.11. The van der Waals surface area contributed by atoms with Gasteiger partial charge in [0, 0.05) is 6.20 Å². The van der Waals surface area contributed by atoms with E-state index in [1.54, 1.807) is 6.20 Å². The van der Waals surface area contributed by atoms with Crippen LogP contribution < -0.4 is 5.73 Å². The molecule has 2 rings (SSSR count). The molecule has 1 fully saturated rings. The number of hydrogen-bond acceptors (Lipinski definition) is 3. The number of aromatic nitrogens is 1. The lowest BCUT2D eigenvalue weighted by Gasteiger charge is -2.09. The Kier molecular flexibility index (Phi) is 2.68. The predicted octanol–water partition coefficient (Wildman–Crippen LogP) is 1.37. The maximum Gasteiger partial charge on any atom is 0.123 e. The van der Waals surface area contributed by atoms with Crippen LogP contribution in [0.3, 0.4) is 0 Å². The van der Waals surface area contributed by atoms with Crippen molar-refractivity contribution in [2.45, 2.75) is 31.8 Å². The predicted molar refractivity (Wildman–Crippen MR) is 55.7 cm³/mol. The summed E-state index contributed by atoms with van der Waals surface area (Å²) in [6.45, 7) is 0. The number of pyridine rings is 1. The van der Waals surface area contributed by atoms with Gasteiger partial charge in [0.05, 0.1) is 6.10 Å². The summed E-state index contributed by atoms with van der Waals surface area (Å²) in [7, 11) is 0. The zero-order valence-electron chi connectivity index (χ0n) is 8.19. The van der Waals surface area contributed by atoms with Gasteiger partial charge in [0.1, 0.15) is 5.82 Å². The summed E-state index contributed by atoms with van der Waals surface area (Å²) >= 11 is 0. The molecule has 3 nitrogen and oxygen atoms in total. The molecule has 0 spiro atoms. The third-order valence-corrected chi connectivity index (χ3v) is 2.62. The Morgan fingerprint density at radius 2 is 2.36 bits per heavy atom. The van der Waals surface area contributed by atoms with Crippen molar-refractivity contribution in [2.24, 2.45) is 5.92 Å². The monoisotopic (exact) mass is 192 g/mol. The Labute approximate surface area is 84.0 Å². The molecule has 1 heterocycles. The van der Waals surface area contributed by atoms with Gasteiger partial charge in [0.15, 0.2) is 0 Å². The van der Waals surface area contributed by atoms with E-state index in [0.29, 0.717) is 12.2 Å². The number of hydrogen-bond donors (Lipinski definition) is 2. The third-order valence-electron chi connectivity index (χ3n) is 2.62. The first kappa shape index (κ1) is 9.46. The number of anilines is 1. The average molecular weight is 192 g/mol. The first-order chi connectivity index (χ1) is 6.74. The highest BCUT2D eigenvalue weighted by molar-refractivity contribution is 5.32. The summed E-state index contributed by atoms with van der Waals surface area (Å²) in [5.41, 5.74) is 6.63. The summed E-state index contributed by atoms with van der Waals surface area (Å²) in [5.74, 6) is 1.30. The zero-order chi connectivity index (χ0) is 9.97. The fourth-order valence-corrected chi connectivity index (χ4v) is 1.72. The normalized spacial score (nSPS) is 18.1. The molecular weight excluding hydrogens is 176 g/mol. The molecule has 3 N–H and O–H groups in total. The van der Waals surface area contributed by atoms with Crippen LogP contribution in [0.25, 0.3) is 0 Å². The van der Waals surface area contributed by atoms with Gasteiger partial charge in [-0.05, 0) is 36.5 Å². The van der Waals surface area contributed by atoms with Crippen LogP contribution in [-0.4, -0.2) is 16.2 Å². The molecule has 0 amide bonds. The van der Waals surface area contributed by atoms with Crippen LogP contribution in [0.5, 0.6) is 0 Å². The highest BCUT2D eigenvalue weighted by Gasteiger charge is 2.24. The fourth-order valence-electron chi connectivity index (χ4n) is 1.72. The average Bonchev–Trinajstić information content (AvgIpc) is 2.87. The summed E-state index contributed by atoms with van der Waals surface area (Å²) in [6, 6.07) is 3.74. The molecule has 0 aliphatic heterocycles. The maximum absolute atomic E-state index is 9.74. The second-order valence-corrected chi connectivity index (χ2v) is 4.13. The van der Waals surface area contributed by atoms with Crippen molar-refractivity contribution in [1.29, 1.82) is 0 Å². The second-order valence-electron chi connectivity index (χ2n) is 4.13. The molecule has 1 atom stereocenters. The molecule has 1 aliphatic rings. The SMILES string of the molecule is Nc1cc(CC(O)CC2CC2)ccn1. The van der Waals surface area contributed by atoms with Crippen LogP contribution in [0.15, 0.2) is 18.3 Å². The number of nitrogens with zero attached hydrogens (tertiary/aromatic N) is 1. The van der Waals surface area contributed by atoms with Crippen molar-refractivity contribution in [3.63, 3.8) is 0 Å². The van der Waals surface area contributed by atoms with Crippen molar-refractivity contribution < 1.29 is 5.11 Å². The molecule has 1 aliphatic carbocycles. The van der Waals surface area contributed by atoms with Crippen molar-refractivity contribution in [3.8, 4) is 0 Å². The first-order valence-electron chi connectivity index (χ1n) is 5.12. The van der Waals surface area contributed by atoms with Gasteiger partial charge in [-0.2, -0.15) is 0 Å². The topological polar surface area (TPSA) is 59.1 Å². The van der Waals surface area contributed by atoms with Gasteiger partial charge in [0.2, 0.25) is 0 Å². The number of aliphatic hydroxyl groups is 1. The Morgan fingerprint density at radius 3 is 3.00 bits per heavy atom. The molecule has 0 bridgehead atoms. The summed E-state index contributed by atoms with van der Waals surface area (Å²) in [5, 5.41) is 9.74. The molecule has 76 valence electrons. The molecule has 0 saturated heterocycles. The minimum Gasteiger partial charge on any atom is -0.393 e. The standard InChI is InChI=1S/C11H16N2O/c12-11-7-9(3-4-13-11)6-10(14)5-8-1-2-8/h3-4,7-8,10,14H,1-2,5-6H2,(H2,12,13). The Balaban J connectivity index is 1.88. The van der Waals surface area contributed by atoms with Crippen molar-refractivity contribution in [3.05, 3.63) is 23.9 Å². The summed E-state index contributed by atoms with van der Waals surface area (Å²) in [6.07, 6.45) is 5.68. The van der Waals surface area contributed by atoms with E-state index >= 15 is 0 Å². The zero-order valence-corrected chi connectivity index (χ0v) is 8.19. The van der Waals surface area contributed by atoms with Crippen LogP contribution in [0.4, 0.5) is 5.82 Å². The van der Waals surface area contributed by atoms with E-state index in [0.717, 1.165) is 17.9 Å². The smallest absolute Gasteiger partial charge is 0.123 e. The fraction of sp³-hybridized carbons (Fsp3) is 0.545. The van der Waals surface area contributed by atoms with Gasteiger partial charge in [-0.15, -0.1) is 0 Å². The number of aliphatic hydroxyl groups excluding tert-OH is 1. The van der Waals surface area contributed by atoms with Crippen LogP contribution in [0.1, 0.15) is 24.8 Å². The van der Waals surface area contributed by atoms with Crippen LogP contribution in [0.2, 0.25) is 0 Å². The highest BCUT2D eigenvalue weighted by Crippen LogP contribution is 2.34.